The number of alkyl halides is 9. The third-order valence-electron chi connectivity index (χ3n) is 3.99. The van der Waals surface area contributed by atoms with E-state index in [-0.39, 0.29) is 6.07 Å². The van der Waals surface area contributed by atoms with Crippen LogP contribution < -0.4 is 10.6 Å². The molecule has 0 saturated carbocycles. The molecule has 0 saturated heterocycles. The zero-order valence-electron chi connectivity index (χ0n) is 14.9. The number of hydrogen-bond acceptors (Lipinski definition) is 2. The highest BCUT2D eigenvalue weighted by molar-refractivity contribution is 5.95. The Balaban J connectivity index is 2.54. The molecule has 1 amide bonds. The summed E-state index contributed by atoms with van der Waals surface area (Å²) < 4.78 is 120. The molecule has 164 valence electrons. The first-order valence-electron chi connectivity index (χ1n) is 8.05. The molecule has 2 aromatic rings. The number of amides is 1. The minimum Gasteiger partial charge on any atom is -0.348 e. The summed E-state index contributed by atoms with van der Waals surface area (Å²) in [5.74, 6) is -1.73. The van der Waals surface area contributed by atoms with E-state index in [9.17, 15) is 44.3 Å². The number of hydrogen-bond donors (Lipinski definition) is 2. The van der Waals surface area contributed by atoms with Crippen LogP contribution in [0.1, 0.15) is 21.5 Å². The SMILES string of the molecule is Cc1ccc(C(=O)NC(Nc2cccc(C(F)(F)F)c2)(C(F)(F)F)C(F)(F)F)cc1. The summed E-state index contributed by atoms with van der Waals surface area (Å²) in [6, 6.07) is 6.35. The number of carbonyl (C=O) groups excluding carboxylic acids is 1. The Morgan fingerprint density at radius 3 is 1.80 bits per heavy atom. The fourth-order valence-electron chi connectivity index (χ4n) is 2.41. The highest BCUT2D eigenvalue weighted by Crippen LogP contribution is 2.44. The molecule has 0 aliphatic rings. The van der Waals surface area contributed by atoms with Gasteiger partial charge in [0.05, 0.1) is 5.56 Å². The number of rotatable bonds is 4. The Hall–Kier alpha value is -2.92. The highest BCUT2D eigenvalue weighted by atomic mass is 19.4. The summed E-state index contributed by atoms with van der Waals surface area (Å²) in [7, 11) is 0. The smallest absolute Gasteiger partial charge is 0.348 e. The van der Waals surface area contributed by atoms with Crippen molar-refractivity contribution in [3.8, 4) is 0 Å². The van der Waals surface area contributed by atoms with Crippen LogP contribution in [0.5, 0.6) is 0 Å². The van der Waals surface area contributed by atoms with Crippen molar-refractivity contribution in [2.24, 2.45) is 0 Å². The molecular weight excluding hydrogens is 431 g/mol. The van der Waals surface area contributed by atoms with Gasteiger partial charge in [-0.15, -0.1) is 0 Å². The molecule has 2 rings (SSSR count). The number of carbonyl (C=O) groups is 1. The number of anilines is 1. The molecule has 0 atom stereocenters. The lowest BCUT2D eigenvalue weighted by atomic mass is 10.1. The number of halogens is 9. The Morgan fingerprint density at radius 2 is 1.33 bits per heavy atom. The minimum absolute atomic E-state index is 0.0737. The predicted octanol–water partition coefficient (Wildman–Crippen LogP) is 5.68. The first-order valence-corrected chi connectivity index (χ1v) is 8.05. The fraction of sp³-hybridized carbons (Fsp3) is 0.278. The van der Waals surface area contributed by atoms with Gasteiger partial charge in [0, 0.05) is 11.3 Å². The van der Waals surface area contributed by atoms with Crippen LogP contribution in [-0.2, 0) is 6.18 Å². The first kappa shape index (κ1) is 23.4. The van der Waals surface area contributed by atoms with Crippen molar-refractivity contribution in [1.29, 1.82) is 0 Å². The summed E-state index contributed by atoms with van der Waals surface area (Å²) in [6.45, 7) is 1.58. The van der Waals surface area contributed by atoms with Crippen molar-refractivity contribution in [2.45, 2.75) is 31.1 Å². The van der Waals surface area contributed by atoms with Gasteiger partial charge in [0.15, 0.2) is 0 Å². The zero-order valence-corrected chi connectivity index (χ0v) is 14.9. The largest absolute Gasteiger partial charge is 0.439 e. The molecule has 0 aliphatic carbocycles. The summed E-state index contributed by atoms with van der Waals surface area (Å²) in [5.41, 5.74) is -7.60. The maximum Gasteiger partial charge on any atom is 0.439 e. The van der Waals surface area contributed by atoms with Gasteiger partial charge in [-0.05, 0) is 37.3 Å². The fourth-order valence-corrected chi connectivity index (χ4v) is 2.41. The van der Waals surface area contributed by atoms with Gasteiger partial charge in [-0.1, -0.05) is 23.8 Å². The highest BCUT2D eigenvalue weighted by Gasteiger charge is 2.72. The van der Waals surface area contributed by atoms with Gasteiger partial charge >= 0.3 is 24.2 Å². The van der Waals surface area contributed by atoms with Gasteiger partial charge in [0.1, 0.15) is 0 Å². The van der Waals surface area contributed by atoms with Crippen LogP contribution >= 0.6 is 0 Å². The molecule has 2 N–H and O–H groups in total. The lowest BCUT2D eigenvalue weighted by Crippen LogP contribution is -2.72. The van der Waals surface area contributed by atoms with E-state index < -0.39 is 46.9 Å². The quantitative estimate of drug-likeness (QED) is 0.471. The second kappa shape index (κ2) is 7.73. The molecule has 12 heteroatoms. The molecule has 30 heavy (non-hydrogen) atoms. The number of aryl methyl sites for hydroxylation is 1. The molecule has 0 aromatic heterocycles. The lowest BCUT2D eigenvalue weighted by molar-refractivity contribution is -0.294. The zero-order chi connectivity index (χ0) is 23.0. The van der Waals surface area contributed by atoms with E-state index in [0.29, 0.717) is 23.8 Å². The van der Waals surface area contributed by atoms with Crippen LogP contribution in [0.4, 0.5) is 45.2 Å². The van der Waals surface area contributed by atoms with Gasteiger partial charge in [-0.3, -0.25) is 4.79 Å². The van der Waals surface area contributed by atoms with Gasteiger partial charge in [0.2, 0.25) is 0 Å². The van der Waals surface area contributed by atoms with Crippen LogP contribution in [0.15, 0.2) is 48.5 Å². The second-order valence-corrected chi connectivity index (χ2v) is 6.27. The van der Waals surface area contributed by atoms with E-state index in [1.54, 1.807) is 6.92 Å². The monoisotopic (exact) mass is 444 g/mol. The molecule has 3 nitrogen and oxygen atoms in total. The second-order valence-electron chi connectivity index (χ2n) is 6.27. The third-order valence-corrected chi connectivity index (χ3v) is 3.99. The van der Waals surface area contributed by atoms with Crippen molar-refractivity contribution >= 4 is 11.6 Å². The predicted molar refractivity (Wildman–Crippen MR) is 88.6 cm³/mol. The molecular formula is C18H13F9N2O. The van der Waals surface area contributed by atoms with E-state index in [4.69, 9.17) is 0 Å². The molecule has 0 fully saturated rings. The lowest BCUT2D eigenvalue weighted by Gasteiger charge is -2.39. The topological polar surface area (TPSA) is 41.1 Å². The van der Waals surface area contributed by atoms with Crippen molar-refractivity contribution in [2.75, 3.05) is 5.32 Å². The summed E-state index contributed by atoms with van der Waals surface area (Å²) in [5, 5.41) is 1.89. The summed E-state index contributed by atoms with van der Waals surface area (Å²) in [6.07, 6.45) is -17.3. The average Bonchev–Trinajstić information content (AvgIpc) is 2.59. The standard InChI is InChI=1S/C18H13F9N2O/c1-10-5-7-11(8-6-10)14(30)29-16(17(22,23)24,18(25,26)27)28-13-4-2-3-12(9-13)15(19,20)21/h2-9,28H,1H3,(H,29,30). The van der Waals surface area contributed by atoms with E-state index in [1.165, 1.54) is 12.1 Å². The molecule has 2 aromatic carbocycles. The Kier molecular flexibility index (Phi) is 6.02. The van der Waals surface area contributed by atoms with Crippen molar-refractivity contribution in [1.82, 2.24) is 5.32 Å². The Bertz CT molecular complexity index is 886. The third kappa shape index (κ3) is 4.79. The summed E-state index contributed by atoms with van der Waals surface area (Å²) >= 11 is 0. The van der Waals surface area contributed by atoms with E-state index in [2.05, 4.69) is 0 Å². The number of benzene rings is 2. The summed E-state index contributed by atoms with van der Waals surface area (Å²) in [4.78, 5) is 12.2. The Morgan fingerprint density at radius 1 is 0.800 bits per heavy atom. The normalized spacial score (nSPS) is 13.1. The van der Waals surface area contributed by atoms with Crippen molar-refractivity contribution in [3.05, 3.63) is 65.2 Å². The average molecular weight is 444 g/mol. The minimum atomic E-state index is -6.17. The van der Waals surface area contributed by atoms with E-state index in [0.717, 1.165) is 22.8 Å². The van der Waals surface area contributed by atoms with Gasteiger partial charge < -0.3 is 10.6 Å². The molecule has 0 spiro atoms. The molecule has 0 bridgehead atoms. The Labute approximate surface area is 163 Å². The maximum absolute atomic E-state index is 13.6. The van der Waals surface area contributed by atoms with Crippen LogP contribution in [-0.4, -0.2) is 23.9 Å². The number of nitrogens with one attached hydrogen (secondary N) is 2. The van der Waals surface area contributed by atoms with Gasteiger partial charge in [-0.2, -0.15) is 39.5 Å². The first-order chi connectivity index (χ1) is 13.6. The van der Waals surface area contributed by atoms with Crippen LogP contribution in [0.25, 0.3) is 0 Å². The molecule has 0 unspecified atom stereocenters. The van der Waals surface area contributed by atoms with E-state index >= 15 is 0 Å². The maximum atomic E-state index is 13.6. The van der Waals surface area contributed by atoms with Crippen molar-refractivity contribution in [3.63, 3.8) is 0 Å². The molecule has 0 heterocycles. The van der Waals surface area contributed by atoms with Gasteiger partial charge in [0.25, 0.3) is 5.91 Å². The van der Waals surface area contributed by atoms with Crippen LogP contribution in [0, 0.1) is 6.92 Å². The van der Waals surface area contributed by atoms with E-state index in [1.807, 2.05) is 0 Å². The van der Waals surface area contributed by atoms with Gasteiger partial charge in [-0.25, -0.2) is 0 Å². The molecule has 0 aliphatic heterocycles. The van der Waals surface area contributed by atoms with Crippen LogP contribution in [0.3, 0.4) is 0 Å². The van der Waals surface area contributed by atoms with Crippen molar-refractivity contribution < 1.29 is 44.3 Å². The molecule has 0 radical (unpaired) electrons. The van der Waals surface area contributed by atoms with Crippen LogP contribution in [0.2, 0.25) is 0 Å².